The summed E-state index contributed by atoms with van der Waals surface area (Å²) in [6.07, 6.45) is 6.33. The zero-order valence-electron chi connectivity index (χ0n) is 12.5. The smallest absolute Gasteiger partial charge is 0.239 e. The molecule has 112 valence electrons. The quantitative estimate of drug-likeness (QED) is 0.885. The number of amides is 1. The summed E-state index contributed by atoms with van der Waals surface area (Å²) in [5.74, 6) is 0.728. The first-order chi connectivity index (χ1) is 10.1. The maximum absolute atomic E-state index is 12.4. The van der Waals surface area contributed by atoms with E-state index in [0.717, 1.165) is 23.0 Å². The number of H-pyrrole nitrogens is 1. The molecule has 1 fully saturated rings. The molecule has 0 saturated heterocycles. The van der Waals surface area contributed by atoms with Gasteiger partial charge in [0.25, 0.3) is 0 Å². The number of aromatic amines is 1. The Labute approximate surface area is 125 Å². The molecule has 1 aliphatic carbocycles. The number of hydrogen-bond donors (Lipinski definition) is 2. The lowest BCUT2D eigenvalue weighted by Gasteiger charge is -2.31. The Bertz CT molecular complexity index is 630. The molecule has 0 spiro atoms. The van der Waals surface area contributed by atoms with Crippen molar-refractivity contribution in [2.24, 2.45) is 11.7 Å². The maximum Gasteiger partial charge on any atom is 0.239 e. The summed E-state index contributed by atoms with van der Waals surface area (Å²) in [4.78, 5) is 17.4. The molecule has 1 heterocycles. The van der Waals surface area contributed by atoms with E-state index in [-0.39, 0.29) is 5.91 Å². The van der Waals surface area contributed by atoms with Crippen LogP contribution < -0.4 is 5.73 Å². The predicted molar refractivity (Wildman–Crippen MR) is 85.0 cm³/mol. The summed E-state index contributed by atoms with van der Waals surface area (Å²) in [5, 5.41) is 1.15. The van der Waals surface area contributed by atoms with Gasteiger partial charge in [0.2, 0.25) is 5.91 Å². The first-order valence-corrected chi connectivity index (χ1v) is 7.70. The van der Waals surface area contributed by atoms with Gasteiger partial charge in [0, 0.05) is 30.7 Å². The first-order valence-electron chi connectivity index (χ1n) is 7.70. The van der Waals surface area contributed by atoms with Crippen molar-refractivity contribution < 1.29 is 4.79 Å². The van der Waals surface area contributed by atoms with Crippen LogP contribution in [-0.4, -0.2) is 35.4 Å². The van der Waals surface area contributed by atoms with Crippen LogP contribution in [0.2, 0.25) is 0 Å². The minimum absolute atomic E-state index is 0.0483. The number of carbonyl (C=O) groups excluding carboxylic acids is 1. The Morgan fingerprint density at radius 1 is 1.43 bits per heavy atom. The van der Waals surface area contributed by atoms with Gasteiger partial charge in [0.1, 0.15) is 0 Å². The molecular weight excluding hydrogens is 262 g/mol. The first kappa shape index (κ1) is 14.1. The number of nitrogens with one attached hydrogen (secondary N) is 1. The molecule has 3 N–H and O–H groups in total. The summed E-state index contributed by atoms with van der Waals surface area (Å²) in [7, 11) is 1.87. The number of para-hydroxylation sites is 1. The Hall–Kier alpha value is -1.81. The third kappa shape index (κ3) is 2.95. The Kier molecular flexibility index (Phi) is 3.97. The number of nitrogens with zero attached hydrogens (tertiary/aromatic N) is 1. The van der Waals surface area contributed by atoms with Crippen LogP contribution >= 0.6 is 0 Å². The molecule has 1 atom stereocenters. The molecule has 0 radical (unpaired) electrons. The normalized spacial score (nSPS) is 16.7. The largest absolute Gasteiger partial charge is 0.361 e. The third-order valence-electron chi connectivity index (χ3n) is 4.56. The zero-order chi connectivity index (χ0) is 14.8. The van der Waals surface area contributed by atoms with E-state index in [9.17, 15) is 4.79 Å². The second-order valence-corrected chi connectivity index (χ2v) is 6.19. The number of nitrogens with two attached hydrogens (primary N) is 1. The van der Waals surface area contributed by atoms with Crippen molar-refractivity contribution in [3.8, 4) is 0 Å². The molecule has 4 nitrogen and oxygen atoms in total. The van der Waals surface area contributed by atoms with E-state index in [0.29, 0.717) is 12.3 Å². The number of likely N-dealkylation sites (N-methyl/N-ethyl adjacent to an activating group) is 1. The van der Waals surface area contributed by atoms with Crippen molar-refractivity contribution in [1.82, 2.24) is 9.88 Å². The number of aromatic nitrogens is 1. The van der Waals surface area contributed by atoms with E-state index in [1.165, 1.54) is 19.3 Å². The van der Waals surface area contributed by atoms with Gasteiger partial charge in [0.05, 0.1) is 6.04 Å². The van der Waals surface area contributed by atoms with Gasteiger partial charge >= 0.3 is 0 Å². The van der Waals surface area contributed by atoms with Gasteiger partial charge in [-0.15, -0.1) is 0 Å². The minimum atomic E-state index is -0.464. The van der Waals surface area contributed by atoms with Gasteiger partial charge in [-0.2, -0.15) is 0 Å². The molecule has 0 aliphatic heterocycles. The summed E-state index contributed by atoms with van der Waals surface area (Å²) >= 11 is 0. The molecule has 1 unspecified atom stereocenters. The van der Waals surface area contributed by atoms with Crippen molar-refractivity contribution in [3.05, 3.63) is 36.0 Å². The zero-order valence-corrected chi connectivity index (χ0v) is 12.5. The van der Waals surface area contributed by atoms with Crippen LogP contribution in [0.1, 0.15) is 24.8 Å². The molecule has 0 bridgehead atoms. The monoisotopic (exact) mass is 285 g/mol. The summed E-state index contributed by atoms with van der Waals surface area (Å²) in [6.45, 7) is 0.848. The molecule has 1 aromatic heterocycles. The average Bonchev–Trinajstić information content (AvgIpc) is 2.85. The number of benzene rings is 1. The van der Waals surface area contributed by atoms with E-state index < -0.39 is 6.04 Å². The lowest BCUT2D eigenvalue weighted by Crippen LogP contribution is -2.45. The van der Waals surface area contributed by atoms with Crippen molar-refractivity contribution in [2.45, 2.75) is 31.7 Å². The van der Waals surface area contributed by atoms with Crippen molar-refractivity contribution in [2.75, 3.05) is 13.6 Å². The van der Waals surface area contributed by atoms with Gasteiger partial charge in [-0.05, 0) is 36.8 Å². The highest BCUT2D eigenvalue weighted by Gasteiger charge is 2.24. The van der Waals surface area contributed by atoms with E-state index in [4.69, 9.17) is 5.73 Å². The fourth-order valence-corrected chi connectivity index (χ4v) is 3.06. The molecule has 21 heavy (non-hydrogen) atoms. The summed E-state index contributed by atoms with van der Waals surface area (Å²) in [6, 6.07) is 7.65. The molecular formula is C17H23N3O. The molecule has 2 aromatic rings. The molecule has 3 rings (SSSR count). The Morgan fingerprint density at radius 3 is 2.90 bits per heavy atom. The van der Waals surface area contributed by atoms with Crippen LogP contribution in [-0.2, 0) is 11.2 Å². The Morgan fingerprint density at radius 2 is 2.19 bits per heavy atom. The highest BCUT2D eigenvalue weighted by atomic mass is 16.2. The van der Waals surface area contributed by atoms with E-state index in [1.54, 1.807) is 0 Å². The van der Waals surface area contributed by atoms with E-state index in [2.05, 4.69) is 11.1 Å². The van der Waals surface area contributed by atoms with Crippen molar-refractivity contribution in [3.63, 3.8) is 0 Å². The number of fused-ring (bicyclic) bond motifs is 1. The van der Waals surface area contributed by atoms with Crippen LogP contribution in [0.15, 0.2) is 30.5 Å². The highest BCUT2D eigenvalue weighted by molar-refractivity contribution is 5.86. The number of hydrogen-bond acceptors (Lipinski definition) is 2. The fourth-order valence-electron chi connectivity index (χ4n) is 3.06. The van der Waals surface area contributed by atoms with Crippen molar-refractivity contribution in [1.29, 1.82) is 0 Å². The SMILES string of the molecule is CN(CC1CCC1)C(=O)C(N)Cc1c[nH]c2ccccc12. The third-order valence-corrected chi connectivity index (χ3v) is 4.56. The number of carbonyl (C=O) groups is 1. The lowest BCUT2D eigenvalue weighted by molar-refractivity contribution is -0.132. The van der Waals surface area contributed by atoms with Gasteiger partial charge < -0.3 is 15.6 Å². The van der Waals surface area contributed by atoms with Crippen LogP contribution in [0.3, 0.4) is 0 Å². The van der Waals surface area contributed by atoms with Gasteiger partial charge in [-0.25, -0.2) is 0 Å². The molecule has 1 aliphatic rings. The summed E-state index contributed by atoms with van der Waals surface area (Å²) in [5.41, 5.74) is 8.34. The fraction of sp³-hybridized carbons (Fsp3) is 0.471. The highest BCUT2D eigenvalue weighted by Crippen LogP contribution is 2.27. The molecule has 1 aromatic carbocycles. The van der Waals surface area contributed by atoms with E-state index >= 15 is 0 Å². The van der Waals surface area contributed by atoms with Gasteiger partial charge in [0.15, 0.2) is 0 Å². The second kappa shape index (κ2) is 5.90. The minimum Gasteiger partial charge on any atom is -0.361 e. The maximum atomic E-state index is 12.4. The van der Waals surface area contributed by atoms with E-state index in [1.807, 2.05) is 36.3 Å². The second-order valence-electron chi connectivity index (χ2n) is 6.19. The molecule has 1 amide bonds. The van der Waals surface area contributed by atoms with Crippen LogP contribution in [0.5, 0.6) is 0 Å². The molecule has 4 heteroatoms. The summed E-state index contributed by atoms with van der Waals surface area (Å²) < 4.78 is 0. The predicted octanol–water partition coefficient (Wildman–Crippen LogP) is 2.30. The standard InChI is InChI=1S/C17H23N3O/c1-20(11-12-5-4-6-12)17(21)15(18)9-13-10-19-16-8-3-2-7-14(13)16/h2-3,7-8,10,12,15,19H,4-6,9,11,18H2,1H3. The Balaban J connectivity index is 1.64. The van der Waals surface area contributed by atoms with Crippen LogP contribution in [0.25, 0.3) is 10.9 Å². The van der Waals surface area contributed by atoms with Crippen LogP contribution in [0, 0.1) is 5.92 Å². The van der Waals surface area contributed by atoms with Crippen molar-refractivity contribution >= 4 is 16.8 Å². The average molecular weight is 285 g/mol. The molecule has 1 saturated carbocycles. The van der Waals surface area contributed by atoms with Gasteiger partial charge in [-0.1, -0.05) is 24.6 Å². The topological polar surface area (TPSA) is 62.1 Å². The van der Waals surface area contributed by atoms with Crippen LogP contribution in [0.4, 0.5) is 0 Å². The van der Waals surface area contributed by atoms with Gasteiger partial charge in [-0.3, -0.25) is 4.79 Å². The lowest BCUT2D eigenvalue weighted by atomic mass is 9.85. The number of rotatable bonds is 5.